The summed E-state index contributed by atoms with van der Waals surface area (Å²) in [6.07, 6.45) is 0.748. The van der Waals surface area contributed by atoms with Crippen molar-refractivity contribution in [1.29, 1.82) is 0 Å². The second kappa shape index (κ2) is 12.1. The number of hydrogen-bond acceptors (Lipinski definition) is 6. The molecule has 3 rings (SSSR count). The van der Waals surface area contributed by atoms with E-state index in [0.717, 1.165) is 0 Å². The molecule has 1 fully saturated rings. The molecule has 1 heterocycles. The minimum atomic E-state index is -3.64. The van der Waals surface area contributed by atoms with E-state index in [1.54, 1.807) is 36.3 Å². The van der Waals surface area contributed by atoms with Crippen LogP contribution in [0.5, 0.6) is 0 Å². The third-order valence-electron chi connectivity index (χ3n) is 5.81. The highest BCUT2D eigenvalue weighted by molar-refractivity contribution is 7.89. The van der Waals surface area contributed by atoms with Crippen molar-refractivity contribution in [3.05, 3.63) is 54.1 Å². The van der Waals surface area contributed by atoms with Crippen LogP contribution in [0.3, 0.4) is 0 Å². The van der Waals surface area contributed by atoms with Crippen LogP contribution in [0, 0.1) is 5.92 Å². The van der Waals surface area contributed by atoms with Crippen molar-refractivity contribution in [2.75, 3.05) is 37.4 Å². The Hall–Kier alpha value is -3.28. The largest absolute Gasteiger partial charge is 0.385 e. The maximum atomic E-state index is 12.6. The molecule has 11 heteroatoms. The van der Waals surface area contributed by atoms with E-state index in [1.165, 1.54) is 24.3 Å². The van der Waals surface area contributed by atoms with Gasteiger partial charge < -0.3 is 20.3 Å². The minimum Gasteiger partial charge on any atom is -0.385 e. The van der Waals surface area contributed by atoms with E-state index in [9.17, 15) is 22.8 Å². The number of likely N-dealkylation sites (tertiary alicyclic amines) is 1. The number of rotatable bonds is 11. The van der Waals surface area contributed by atoms with Gasteiger partial charge in [0.2, 0.25) is 21.8 Å². The highest BCUT2D eigenvalue weighted by Crippen LogP contribution is 2.22. The highest BCUT2D eigenvalue weighted by Gasteiger charge is 2.35. The predicted molar refractivity (Wildman–Crippen MR) is 136 cm³/mol. The Kier molecular flexibility index (Phi) is 9.19. The first-order valence-electron chi connectivity index (χ1n) is 11.7. The fraction of sp³-hybridized carbons (Fsp3) is 0.400. The van der Waals surface area contributed by atoms with Crippen molar-refractivity contribution in [3.8, 4) is 0 Å². The van der Waals surface area contributed by atoms with Crippen LogP contribution in [0.4, 0.5) is 11.4 Å². The Bertz CT molecular complexity index is 1180. The van der Waals surface area contributed by atoms with Crippen molar-refractivity contribution in [2.24, 2.45) is 5.92 Å². The molecule has 1 saturated heterocycles. The SMILES string of the molecule is COCCCNS(=O)(=O)c1ccc(NC(=O)c2ccc(NC(=O)C3CC(=O)N(C(C)C)C3)cc2)cc1. The van der Waals surface area contributed by atoms with E-state index in [-0.39, 0.29) is 41.6 Å². The quantitative estimate of drug-likeness (QED) is 0.393. The lowest BCUT2D eigenvalue weighted by molar-refractivity contribution is -0.129. The molecule has 3 amide bonds. The molecule has 3 N–H and O–H groups in total. The second-order valence-corrected chi connectivity index (χ2v) is 10.6. The first-order valence-corrected chi connectivity index (χ1v) is 13.2. The molecule has 0 aromatic heterocycles. The summed E-state index contributed by atoms with van der Waals surface area (Å²) >= 11 is 0. The summed E-state index contributed by atoms with van der Waals surface area (Å²) < 4.78 is 32.0. The van der Waals surface area contributed by atoms with Crippen molar-refractivity contribution >= 4 is 39.1 Å². The molecule has 1 aliphatic heterocycles. The molecule has 0 bridgehead atoms. The van der Waals surface area contributed by atoms with Gasteiger partial charge in [0.05, 0.1) is 10.8 Å². The molecule has 0 saturated carbocycles. The number of methoxy groups -OCH3 is 1. The Balaban J connectivity index is 1.54. The molecular formula is C25H32N4O6S. The van der Waals surface area contributed by atoms with E-state index < -0.39 is 15.9 Å². The second-order valence-electron chi connectivity index (χ2n) is 8.83. The van der Waals surface area contributed by atoms with Crippen molar-refractivity contribution in [3.63, 3.8) is 0 Å². The zero-order valence-corrected chi connectivity index (χ0v) is 21.4. The number of benzene rings is 2. The molecule has 2 aromatic carbocycles. The number of ether oxygens (including phenoxy) is 1. The monoisotopic (exact) mass is 516 g/mol. The topological polar surface area (TPSA) is 134 Å². The summed E-state index contributed by atoms with van der Waals surface area (Å²) in [7, 11) is -2.09. The zero-order valence-electron chi connectivity index (χ0n) is 20.6. The van der Waals surface area contributed by atoms with Crippen LogP contribution in [0.15, 0.2) is 53.4 Å². The molecule has 1 aliphatic rings. The van der Waals surface area contributed by atoms with Crippen molar-refractivity contribution < 1.29 is 27.5 Å². The molecule has 36 heavy (non-hydrogen) atoms. The number of sulfonamides is 1. The van der Waals surface area contributed by atoms with E-state index >= 15 is 0 Å². The smallest absolute Gasteiger partial charge is 0.255 e. The van der Waals surface area contributed by atoms with Crippen LogP contribution >= 0.6 is 0 Å². The summed E-state index contributed by atoms with van der Waals surface area (Å²) in [6.45, 7) is 4.95. The average molecular weight is 517 g/mol. The van der Waals surface area contributed by atoms with Crippen molar-refractivity contribution in [1.82, 2.24) is 9.62 Å². The minimum absolute atomic E-state index is 0.0267. The molecule has 194 valence electrons. The Morgan fingerprint density at radius 3 is 2.22 bits per heavy atom. The van der Waals surface area contributed by atoms with E-state index in [4.69, 9.17) is 4.74 Å². The number of amides is 3. The fourth-order valence-corrected chi connectivity index (χ4v) is 4.86. The summed E-state index contributed by atoms with van der Waals surface area (Å²) in [5.41, 5.74) is 1.34. The third-order valence-corrected chi connectivity index (χ3v) is 7.28. The number of hydrogen-bond donors (Lipinski definition) is 3. The molecule has 2 aromatic rings. The van der Waals surface area contributed by atoms with Crippen LogP contribution in [-0.4, -0.2) is 63.9 Å². The number of carbonyl (C=O) groups is 3. The summed E-state index contributed by atoms with van der Waals surface area (Å²) in [5.74, 6) is -1.04. The van der Waals surface area contributed by atoms with Gasteiger partial charge >= 0.3 is 0 Å². The number of carbonyl (C=O) groups excluding carboxylic acids is 3. The van der Waals surface area contributed by atoms with Gasteiger partial charge in [-0.2, -0.15) is 0 Å². The van der Waals surface area contributed by atoms with Gasteiger partial charge in [-0.25, -0.2) is 13.1 Å². The van der Waals surface area contributed by atoms with E-state index in [2.05, 4.69) is 15.4 Å². The van der Waals surface area contributed by atoms with Gasteiger partial charge in [0.25, 0.3) is 5.91 Å². The predicted octanol–water partition coefficient (Wildman–Crippen LogP) is 2.45. The first kappa shape index (κ1) is 27.3. The number of nitrogens with one attached hydrogen (secondary N) is 3. The number of anilines is 2. The van der Waals surface area contributed by atoms with Crippen LogP contribution in [0.1, 0.15) is 37.0 Å². The van der Waals surface area contributed by atoms with Gasteiger partial charge in [-0.05, 0) is 68.8 Å². The van der Waals surface area contributed by atoms with Crippen LogP contribution < -0.4 is 15.4 Å². The van der Waals surface area contributed by atoms with E-state index in [0.29, 0.717) is 36.5 Å². The van der Waals surface area contributed by atoms with Crippen LogP contribution in [-0.2, 0) is 24.3 Å². The first-order chi connectivity index (χ1) is 17.1. The Morgan fingerprint density at radius 1 is 1.03 bits per heavy atom. The van der Waals surface area contributed by atoms with E-state index in [1.807, 2.05) is 13.8 Å². The van der Waals surface area contributed by atoms with Gasteiger partial charge in [-0.1, -0.05) is 0 Å². The average Bonchev–Trinajstić information content (AvgIpc) is 3.25. The van der Waals surface area contributed by atoms with Gasteiger partial charge in [0.15, 0.2) is 0 Å². The highest BCUT2D eigenvalue weighted by atomic mass is 32.2. The summed E-state index contributed by atoms with van der Waals surface area (Å²) in [6, 6.07) is 12.3. The molecule has 0 aliphatic carbocycles. The Labute approximate surface area is 211 Å². The lowest BCUT2D eigenvalue weighted by Gasteiger charge is -2.20. The third kappa shape index (κ3) is 7.12. The number of nitrogens with zero attached hydrogens (tertiary/aromatic N) is 1. The summed E-state index contributed by atoms with van der Waals surface area (Å²) in [5, 5.41) is 5.52. The van der Waals surface area contributed by atoms with Gasteiger partial charge in [0.1, 0.15) is 0 Å². The molecule has 1 unspecified atom stereocenters. The normalized spacial score (nSPS) is 15.8. The standard InChI is InChI=1S/C25H32N4O6S/c1-17(2)29-16-19(15-23(29)30)25(32)28-20-7-5-18(6-8-20)24(31)27-21-9-11-22(12-10-21)36(33,34)26-13-4-14-35-3/h5-12,17,19,26H,4,13-16H2,1-3H3,(H,27,31)(H,28,32). The summed E-state index contributed by atoms with van der Waals surface area (Å²) in [4.78, 5) is 39.0. The maximum Gasteiger partial charge on any atom is 0.255 e. The lowest BCUT2D eigenvalue weighted by atomic mass is 10.1. The molecule has 10 nitrogen and oxygen atoms in total. The van der Waals surface area contributed by atoms with Crippen LogP contribution in [0.25, 0.3) is 0 Å². The Morgan fingerprint density at radius 2 is 1.64 bits per heavy atom. The molecule has 1 atom stereocenters. The van der Waals surface area contributed by atoms with Crippen LogP contribution in [0.2, 0.25) is 0 Å². The zero-order chi connectivity index (χ0) is 26.3. The molecule has 0 spiro atoms. The van der Waals surface area contributed by atoms with Gasteiger partial charge in [0, 0.05) is 56.2 Å². The maximum absolute atomic E-state index is 12.6. The van der Waals surface area contributed by atoms with Gasteiger partial charge in [-0.3, -0.25) is 14.4 Å². The molecular weight excluding hydrogens is 484 g/mol. The molecule has 0 radical (unpaired) electrons. The fourth-order valence-electron chi connectivity index (χ4n) is 3.78. The van der Waals surface area contributed by atoms with Crippen molar-refractivity contribution in [2.45, 2.75) is 37.6 Å². The lowest BCUT2D eigenvalue weighted by Crippen LogP contribution is -2.33. The van der Waals surface area contributed by atoms with Gasteiger partial charge in [-0.15, -0.1) is 0 Å².